The predicted octanol–water partition coefficient (Wildman–Crippen LogP) is 0.618. The molecule has 1 aliphatic rings. The molecule has 1 saturated carbocycles. The summed E-state index contributed by atoms with van der Waals surface area (Å²) >= 11 is 0. The molecule has 0 aromatic carbocycles. The second kappa shape index (κ2) is 7.96. The lowest BCUT2D eigenvalue weighted by Gasteiger charge is -2.35. The minimum Gasteiger partial charge on any atom is -0.388 e. The van der Waals surface area contributed by atoms with Gasteiger partial charge in [0.15, 0.2) is 5.82 Å². The third kappa shape index (κ3) is 3.49. The Hall–Kier alpha value is -2.26. The van der Waals surface area contributed by atoms with Gasteiger partial charge in [0.1, 0.15) is 12.4 Å². The summed E-state index contributed by atoms with van der Waals surface area (Å²) in [6.07, 6.45) is 3.24. The summed E-state index contributed by atoms with van der Waals surface area (Å²) in [7, 11) is 1.64. The average Bonchev–Trinajstić information content (AvgIpc) is 3.18. The fourth-order valence-corrected chi connectivity index (χ4v) is 3.39. The number of nitrogens with one attached hydrogen (secondary N) is 1. The first-order valence-corrected chi connectivity index (χ1v) is 8.94. The minimum atomic E-state index is -0.149. The van der Waals surface area contributed by atoms with Crippen molar-refractivity contribution in [1.82, 2.24) is 29.9 Å². The maximum absolute atomic E-state index is 12.5. The van der Waals surface area contributed by atoms with Crippen LogP contribution in [0.15, 0.2) is 6.20 Å². The SMILES string of the molecule is CCn1ncc(C(=O)NC2CC(c3nnc(CO)n3CCOC)C2)c1C. The lowest BCUT2D eigenvalue weighted by atomic mass is 9.79. The second-order valence-electron chi connectivity index (χ2n) is 6.58. The first kappa shape index (κ1) is 18.5. The third-order valence-corrected chi connectivity index (χ3v) is 5.00. The molecule has 0 unspecified atom stereocenters. The molecule has 0 radical (unpaired) electrons. The van der Waals surface area contributed by atoms with Crippen LogP contribution in [-0.4, -0.2) is 55.3 Å². The largest absolute Gasteiger partial charge is 0.388 e. The van der Waals surface area contributed by atoms with Gasteiger partial charge in [-0.3, -0.25) is 9.48 Å². The molecule has 2 heterocycles. The number of aliphatic hydroxyl groups excluding tert-OH is 1. The van der Waals surface area contributed by atoms with Crippen molar-refractivity contribution in [2.24, 2.45) is 0 Å². The number of hydrogen-bond acceptors (Lipinski definition) is 6. The molecule has 0 atom stereocenters. The van der Waals surface area contributed by atoms with Crippen LogP contribution < -0.4 is 5.32 Å². The number of hydrogen-bond donors (Lipinski definition) is 2. The van der Waals surface area contributed by atoms with Gasteiger partial charge in [0.25, 0.3) is 5.91 Å². The van der Waals surface area contributed by atoms with Gasteiger partial charge in [0.05, 0.1) is 18.4 Å². The fourth-order valence-electron chi connectivity index (χ4n) is 3.39. The summed E-state index contributed by atoms with van der Waals surface area (Å²) in [5, 5.41) is 25.0. The number of aryl methyl sites for hydroxylation is 1. The summed E-state index contributed by atoms with van der Waals surface area (Å²) in [5.74, 6) is 1.55. The van der Waals surface area contributed by atoms with E-state index in [4.69, 9.17) is 4.74 Å². The Labute approximate surface area is 152 Å². The van der Waals surface area contributed by atoms with Gasteiger partial charge < -0.3 is 19.7 Å². The van der Waals surface area contributed by atoms with Crippen molar-refractivity contribution < 1.29 is 14.6 Å². The number of nitrogens with zero attached hydrogens (tertiary/aromatic N) is 5. The van der Waals surface area contributed by atoms with Crippen LogP contribution in [0, 0.1) is 6.92 Å². The molecule has 3 rings (SSSR count). The number of methoxy groups -OCH3 is 1. The van der Waals surface area contributed by atoms with Crippen molar-refractivity contribution in [2.45, 2.75) is 58.3 Å². The van der Waals surface area contributed by atoms with E-state index in [1.165, 1.54) is 0 Å². The monoisotopic (exact) mass is 362 g/mol. The molecule has 9 nitrogen and oxygen atoms in total. The average molecular weight is 362 g/mol. The Bertz CT molecular complexity index is 763. The van der Waals surface area contributed by atoms with E-state index in [1.54, 1.807) is 13.3 Å². The standard InChI is InChI=1S/C17H26N6O3/c1-4-23-11(2)14(9-18-23)17(25)19-13-7-12(8-13)16-21-20-15(10-24)22(16)5-6-26-3/h9,12-13,24H,4-8,10H2,1-3H3,(H,19,25). The van der Waals surface area contributed by atoms with Crippen LogP contribution in [0.25, 0.3) is 0 Å². The van der Waals surface area contributed by atoms with E-state index in [0.29, 0.717) is 24.5 Å². The highest BCUT2D eigenvalue weighted by atomic mass is 16.5. The molecule has 2 aromatic heterocycles. The number of aromatic nitrogens is 5. The van der Waals surface area contributed by atoms with Gasteiger partial charge in [-0.15, -0.1) is 10.2 Å². The molecule has 9 heteroatoms. The van der Waals surface area contributed by atoms with E-state index >= 15 is 0 Å². The highest BCUT2D eigenvalue weighted by Gasteiger charge is 2.35. The highest BCUT2D eigenvalue weighted by Crippen LogP contribution is 2.36. The zero-order valence-corrected chi connectivity index (χ0v) is 15.5. The van der Waals surface area contributed by atoms with Crippen molar-refractivity contribution in [3.63, 3.8) is 0 Å². The lowest BCUT2D eigenvalue weighted by molar-refractivity contribution is 0.0905. The molecular formula is C17H26N6O3. The van der Waals surface area contributed by atoms with E-state index in [2.05, 4.69) is 20.6 Å². The molecule has 0 spiro atoms. The van der Waals surface area contributed by atoms with Crippen LogP contribution in [0.2, 0.25) is 0 Å². The molecule has 0 saturated heterocycles. The maximum Gasteiger partial charge on any atom is 0.254 e. The first-order valence-electron chi connectivity index (χ1n) is 8.94. The van der Waals surface area contributed by atoms with Crippen molar-refractivity contribution >= 4 is 5.91 Å². The van der Waals surface area contributed by atoms with E-state index in [1.807, 2.05) is 23.1 Å². The van der Waals surface area contributed by atoms with Crippen LogP contribution in [0.5, 0.6) is 0 Å². The lowest BCUT2D eigenvalue weighted by Crippen LogP contribution is -2.44. The van der Waals surface area contributed by atoms with Crippen molar-refractivity contribution in [2.75, 3.05) is 13.7 Å². The predicted molar refractivity (Wildman–Crippen MR) is 93.7 cm³/mol. The molecule has 0 bridgehead atoms. The number of aliphatic hydroxyl groups is 1. The Morgan fingerprint density at radius 1 is 1.42 bits per heavy atom. The molecule has 2 aromatic rings. The number of rotatable bonds is 8. The van der Waals surface area contributed by atoms with Gasteiger partial charge >= 0.3 is 0 Å². The van der Waals surface area contributed by atoms with Gasteiger partial charge in [-0.05, 0) is 26.7 Å². The van der Waals surface area contributed by atoms with E-state index in [-0.39, 0.29) is 24.5 Å². The summed E-state index contributed by atoms with van der Waals surface area (Å²) in [6, 6.07) is 0.113. The van der Waals surface area contributed by atoms with Crippen LogP contribution >= 0.6 is 0 Å². The third-order valence-electron chi connectivity index (χ3n) is 5.00. The van der Waals surface area contributed by atoms with Gasteiger partial charge in [-0.25, -0.2) is 0 Å². The zero-order valence-electron chi connectivity index (χ0n) is 15.5. The Morgan fingerprint density at radius 2 is 2.19 bits per heavy atom. The van der Waals surface area contributed by atoms with E-state index in [9.17, 15) is 9.90 Å². The topological polar surface area (TPSA) is 107 Å². The smallest absolute Gasteiger partial charge is 0.254 e. The Morgan fingerprint density at radius 3 is 2.81 bits per heavy atom. The first-order chi connectivity index (χ1) is 12.6. The van der Waals surface area contributed by atoms with E-state index in [0.717, 1.165) is 30.9 Å². The molecule has 1 aliphatic carbocycles. The van der Waals surface area contributed by atoms with Gasteiger partial charge in [-0.1, -0.05) is 0 Å². The van der Waals surface area contributed by atoms with Crippen molar-refractivity contribution in [1.29, 1.82) is 0 Å². The Kier molecular flexibility index (Phi) is 5.67. The fraction of sp³-hybridized carbons (Fsp3) is 0.647. The number of carbonyl (C=O) groups excluding carboxylic acids is 1. The highest BCUT2D eigenvalue weighted by molar-refractivity contribution is 5.95. The number of amides is 1. The molecule has 1 fully saturated rings. The van der Waals surface area contributed by atoms with Crippen molar-refractivity contribution in [3.8, 4) is 0 Å². The Balaban J connectivity index is 1.60. The maximum atomic E-state index is 12.5. The van der Waals surface area contributed by atoms with Crippen molar-refractivity contribution in [3.05, 3.63) is 29.1 Å². The molecular weight excluding hydrogens is 336 g/mol. The second-order valence-corrected chi connectivity index (χ2v) is 6.58. The number of carbonyl (C=O) groups is 1. The van der Waals surface area contributed by atoms with Gasteiger partial charge in [-0.2, -0.15) is 5.10 Å². The van der Waals surface area contributed by atoms with Crippen LogP contribution in [-0.2, 0) is 24.4 Å². The normalized spacial score (nSPS) is 19.4. The zero-order chi connectivity index (χ0) is 18.7. The minimum absolute atomic E-state index is 0.0810. The van der Waals surface area contributed by atoms with E-state index < -0.39 is 0 Å². The molecule has 1 amide bonds. The summed E-state index contributed by atoms with van der Waals surface area (Å²) in [5.41, 5.74) is 1.51. The van der Waals surface area contributed by atoms with Crippen LogP contribution in [0.3, 0.4) is 0 Å². The molecule has 0 aliphatic heterocycles. The quantitative estimate of drug-likeness (QED) is 0.713. The van der Waals surface area contributed by atoms with Crippen LogP contribution in [0.4, 0.5) is 0 Å². The summed E-state index contributed by atoms with van der Waals surface area (Å²) < 4.78 is 8.85. The van der Waals surface area contributed by atoms with Gasteiger partial charge in [0.2, 0.25) is 0 Å². The van der Waals surface area contributed by atoms with Crippen LogP contribution in [0.1, 0.15) is 53.4 Å². The number of ether oxygens (including phenoxy) is 1. The van der Waals surface area contributed by atoms with Gasteiger partial charge in [0, 0.05) is 37.9 Å². The molecule has 26 heavy (non-hydrogen) atoms. The molecule has 142 valence electrons. The molecule has 2 N–H and O–H groups in total. The summed E-state index contributed by atoms with van der Waals surface area (Å²) in [6.45, 7) is 5.64. The summed E-state index contributed by atoms with van der Waals surface area (Å²) in [4.78, 5) is 12.5.